The third kappa shape index (κ3) is 3.75. The lowest BCUT2D eigenvalue weighted by Crippen LogP contribution is -2.33. The summed E-state index contributed by atoms with van der Waals surface area (Å²) in [6.07, 6.45) is 5.25. The molecule has 0 atom stereocenters. The molecule has 0 unspecified atom stereocenters. The number of halogens is 1. The van der Waals surface area contributed by atoms with Gasteiger partial charge in [-0.1, -0.05) is 54.1 Å². The Hall–Kier alpha value is -4.49. The van der Waals surface area contributed by atoms with E-state index in [-0.39, 0.29) is 0 Å². The molecule has 0 aliphatic heterocycles. The van der Waals surface area contributed by atoms with Crippen LogP contribution in [0.4, 0.5) is 0 Å². The fraction of sp³-hybridized carbons (Fsp3) is 0.103. The largest absolute Gasteiger partial charge is 0.333 e. The lowest BCUT2D eigenvalue weighted by atomic mass is 9.94. The van der Waals surface area contributed by atoms with Crippen LogP contribution in [0.1, 0.15) is 12.6 Å². The molecule has 3 aromatic heterocycles. The van der Waals surface area contributed by atoms with E-state index >= 15 is 0 Å². The van der Waals surface area contributed by atoms with Gasteiger partial charge in [-0.15, -0.1) is 0 Å². The van der Waals surface area contributed by atoms with Crippen molar-refractivity contribution in [1.82, 2.24) is 24.3 Å². The first-order valence-electron chi connectivity index (χ1n) is 11.9. The van der Waals surface area contributed by atoms with Gasteiger partial charge in [-0.2, -0.15) is 5.10 Å². The summed E-state index contributed by atoms with van der Waals surface area (Å²) in [7, 11) is 0. The topological polar surface area (TPSA) is 85.6 Å². The quantitative estimate of drug-likeness (QED) is 0.330. The summed E-state index contributed by atoms with van der Waals surface area (Å²) in [6, 6.07) is 18.6. The third-order valence-corrected chi connectivity index (χ3v) is 6.96. The zero-order chi connectivity index (χ0) is 25.7. The Bertz CT molecular complexity index is 1950. The van der Waals surface area contributed by atoms with E-state index in [0.29, 0.717) is 21.6 Å². The Morgan fingerprint density at radius 2 is 1.78 bits per heavy atom. The zero-order valence-electron chi connectivity index (χ0n) is 20.2. The fourth-order valence-corrected chi connectivity index (χ4v) is 5.14. The van der Waals surface area contributed by atoms with Gasteiger partial charge >= 0.3 is 5.69 Å². The molecule has 3 aromatic carbocycles. The van der Waals surface area contributed by atoms with Gasteiger partial charge in [-0.05, 0) is 43.2 Å². The first kappa shape index (κ1) is 22.9. The normalized spacial score (nSPS) is 11.4. The minimum absolute atomic E-state index is 0.389. The number of pyridine rings is 1. The lowest BCUT2D eigenvalue weighted by molar-refractivity contribution is 0.653. The summed E-state index contributed by atoms with van der Waals surface area (Å²) in [5.74, 6) is 0. The second-order valence-electron chi connectivity index (χ2n) is 8.86. The van der Waals surface area contributed by atoms with Gasteiger partial charge in [-0.25, -0.2) is 9.36 Å². The van der Waals surface area contributed by atoms with E-state index in [2.05, 4.69) is 15.1 Å². The highest BCUT2D eigenvalue weighted by atomic mass is 35.5. The first-order valence-corrected chi connectivity index (χ1v) is 12.3. The second-order valence-corrected chi connectivity index (χ2v) is 9.26. The van der Waals surface area contributed by atoms with Crippen LogP contribution in [0.3, 0.4) is 0 Å². The second kappa shape index (κ2) is 8.87. The molecule has 8 heteroatoms. The molecule has 37 heavy (non-hydrogen) atoms. The summed E-state index contributed by atoms with van der Waals surface area (Å²) in [4.78, 5) is 33.9. The van der Waals surface area contributed by atoms with Gasteiger partial charge in [-0.3, -0.25) is 14.5 Å². The molecule has 0 aliphatic carbocycles. The molecule has 6 aromatic rings. The SMILES string of the molecule is CCn1cc(-c2cccc(Cl)c2-c2ccc3c(=O)n(-c4cncc5ccccc45)c(=O)[nH]c3c2)c(C)n1. The number of fused-ring (bicyclic) bond motifs is 2. The van der Waals surface area contributed by atoms with Crippen molar-refractivity contribution < 1.29 is 0 Å². The predicted octanol–water partition coefficient (Wildman–Crippen LogP) is 5.74. The molecule has 0 saturated heterocycles. The number of hydrogen-bond acceptors (Lipinski definition) is 4. The molecule has 1 N–H and O–H groups in total. The summed E-state index contributed by atoms with van der Waals surface area (Å²) >= 11 is 6.71. The third-order valence-electron chi connectivity index (χ3n) is 6.65. The molecule has 6 rings (SSSR count). The van der Waals surface area contributed by atoms with Crippen molar-refractivity contribution in [3.8, 4) is 27.9 Å². The molecule has 0 radical (unpaired) electrons. The van der Waals surface area contributed by atoms with Crippen LogP contribution in [0.5, 0.6) is 0 Å². The average Bonchev–Trinajstić information content (AvgIpc) is 3.29. The maximum absolute atomic E-state index is 13.6. The maximum Gasteiger partial charge on any atom is 0.333 e. The minimum atomic E-state index is -0.535. The standard InChI is InChI=1S/C29H22ClN5O2/c1-3-34-16-23(17(2)33-34)21-9-6-10-24(30)27(21)18-11-12-22-25(13-18)32-29(37)35(28(22)36)26-15-31-14-19-7-4-5-8-20(19)26/h4-16H,3H2,1-2H3,(H,32,37). The van der Waals surface area contributed by atoms with Crippen molar-refractivity contribution >= 4 is 33.3 Å². The number of benzene rings is 3. The van der Waals surface area contributed by atoms with Gasteiger partial charge in [0.1, 0.15) is 0 Å². The molecule has 0 spiro atoms. The van der Waals surface area contributed by atoms with Gasteiger partial charge in [0.05, 0.1) is 28.5 Å². The van der Waals surface area contributed by atoms with Gasteiger partial charge < -0.3 is 4.98 Å². The number of rotatable bonds is 4. The van der Waals surface area contributed by atoms with Crippen LogP contribution < -0.4 is 11.2 Å². The van der Waals surface area contributed by atoms with Gasteiger partial charge in [0.25, 0.3) is 5.56 Å². The number of aromatic amines is 1. The molecule has 0 fully saturated rings. The van der Waals surface area contributed by atoms with Crippen molar-refractivity contribution in [2.75, 3.05) is 0 Å². The van der Waals surface area contributed by atoms with Crippen LogP contribution in [-0.2, 0) is 6.54 Å². The Morgan fingerprint density at radius 3 is 2.59 bits per heavy atom. The summed E-state index contributed by atoms with van der Waals surface area (Å²) in [6.45, 7) is 4.76. The van der Waals surface area contributed by atoms with Crippen molar-refractivity contribution in [3.63, 3.8) is 0 Å². The molecule has 182 valence electrons. The number of H-pyrrole nitrogens is 1. The van der Waals surface area contributed by atoms with E-state index in [1.165, 1.54) is 6.20 Å². The number of nitrogens with one attached hydrogen (secondary N) is 1. The van der Waals surface area contributed by atoms with E-state index in [4.69, 9.17) is 11.6 Å². The summed E-state index contributed by atoms with van der Waals surface area (Å²) in [5, 5.41) is 7.15. The van der Waals surface area contributed by atoms with Crippen molar-refractivity contribution in [1.29, 1.82) is 0 Å². The van der Waals surface area contributed by atoms with Gasteiger partial charge in [0.15, 0.2) is 0 Å². The van der Waals surface area contributed by atoms with E-state index < -0.39 is 11.2 Å². The molecule has 0 aliphatic rings. The molecule has 7 nitrogen and oxygen atoms in total. The van der Waals surface area contributed by atoms with Crippen molar-refractivity contribution in [2.45, 2.75) is 20.4 Å². The van der Waals surface area contributed by atoms with Crippen LogP contribution in [0, 0.1) is 6.92 Å². The highest BCUT2D eigenvalue weighted by Crippen LogP contribution is 2.39. The van der Waals surface area contributed by atoms with Crippen LogP contribution in [0.2, 0.25) is 5.02 Å². The Morgan fingerprint density at radius 1 is 0.946 bits per heavy atom. The minimum Gasteiger partial charge on any atom is -0.306 e. The molecule has 0 bridgehead atoms. The van der Waals surface area contributed by atoms with E-state index in [1.807, 2.05) is 73.3 Å². The number of hydrogen-bond donors (Lipinski definition) is 1. The molecule has 0 amide bonds. The van der Waals surface area contributed by atoms with Crippen LogP contribution >= 0.6 is 11.6 Å². The Labute approximate surface area is 216 Å². The van der Waals surface area contributed by atoms with Crippen molar-refractivity contribution in [3.05, 3.63) is 111 Å². The molecular formula is C29H22ClN5O2. The summed E-state index contributed by atoms with van der Waals surface area (Å²) in [5.41, 5.74) is 4.33. The zero-order valence-corrected chi connectivity index (χ0v) is 21.0. The van der Waals surface area contributed by atoms with Crippen LogP contribution in [0.25, 0.3) is 49.6 Å². The average molecular weight is 508 g/mol. The number of aromatic nitrogens is 5. The molecule has 3 heterocycles. The smallest absolute Gasteiger partial charge is 0.306 e. The van der Waals surface area contributed by atoms with E-state index in [0.717, 1.165) is 49.8 Å². The first-order chi connectivity index (χ1) is 18.0. The maximum atomic E-state index is 13.6. The summed E-state index contributed by atoms with van der Waals surface area (Å²) < 4.78 is 3.03. The van der Waals surface area contributed by atoms with Crippen LogP contribution in [-0.4, -0.2) is 24.3 Å². The van der Waals surface area contributed by atoms with E-state index in [9.17, 15) is 9.59 Å². The Kier molecular flexibility index (Phi) is 5.50. The number of nitrogens with zero attached hydrogens (tertiary/aromatic N) is 4. The highest BCUT2D eigenvalue weighted by Gasteiger charge is 2.18. The van der Waals surface area contributed by atoms with E-state index in [1.54, 1.807) is 18.3 Å². The number of aryl methyl sites for hydroxylation is 2. The fourth-order valence-electron chi connectivity index (χ4n) is 4.86. The molecule has 0 saturated carbocycles. The Balaban J connectivity index is 1.56. The van der Waals surface area contributed by atoms with Crippen molar-refractivity contribution in [2.24, 2.45) is 0 Å². The van der Waals surface area contributed by atoms with Crippen LogP contribution in [0.15, 0.2) is 88.8 Å². The molecular weight excluding hydrogens is 486 g/mol. The monoisotopic (exact) mass is 507 g/mol. The highest BCUT2D eigenvalue weighted by molar-refractivity contribution is 6.34. The van der Waals surface area contributed by atoms with Gasteiger partial charge in [0.2, 0.25) is 0 Å². The predicted molar refractivity (Wildman–Crippen MR) is 148 cm³/mol. The van der Waals surface area contributed by atoms with Gasteiger partial charge in [0, 0.05) is 45.9 Å². The lowest BCUT2D eigenvalue weighted by Gasteiger charge is -2.13.